The lowest BCUT2D eigenvalue weighted by Gasteiger charge is -2.29. The first-order chi connectivity index (χ1) is 8.19. The highest BCUT2D eigenvalue weighted by Gasteiger charge is 2.31. The maximum absolute atomic E-state index is 6.13. The van der Waals surface area contributed by atoms with Crippen LogP contribution in [-0.4, -0.2) is 19.7 Å². The average molecular weight is 318 g/mol. The summed E-state index contributed by atoms with van der Waals surface area (Å²) in [5.74, 6) is 0. The smallest absolute Gasteiger partial charge is 0.104 e. The Kier molecular flexibility index (Phi) is 4.64. The molecule has 1 aromatic heterocycles. The van der Waals surface area contributed by atoms with Gasteiger partial charge in [0.15, 0.2) is 0 Å². The molecule has 1 atom stereocenters. The van der Waals surface area contributed by atoms with Crippen molar-refractivity contribution in [2.45, 2.75) is 32.8 Å². The molecule has 96 valence electrons. The van der Waals surface area contributed by atoms with E-state index in [1.165, 1.54) is 21.5 Å². The van der Waals surface area contributed by atoms with Crippen molar-refractivity contribution in [2.24, 2.45) is 5.41 Å². The molecule has 0 spiro atoms. The van der Waals surface area contributed by atoms with E-state index >= 15 is 0 Å². The molecule has 1 saturated heterocycles. The van der Waals surface area contributed by atoms with Crippen molar-refractivity contribution in [3.05, 3.63) is 20.8 Å². The van der Waals surface area contributed by atoms with E-state index < -0.39 is 0 Å². The van der Waals surface area contributed by atoms with Crippen LogP contribution in [0.5, 0.6) is 0 Å². The van der Waals surface area contributed by atoms with E-state index in [1.54, 1.807) is 11.3 Å². The van der Waals surface area contributed by atoms with E-state index in [-0.39, 0.29) is 6.10 Å². The van der Waals surface area contributed by atoms with E-state index in [4.69, 9.17) is 4.74 Å². The van der Waals surface area contributed by atoms with E-state index in [2.05, 4.69) is 47.2 Å². The van der Waals surface area contributed by atoms with Crippen molar-refractivity contribution in [1.29, 1.82) is 0 Å². The predicted molar refractivity (Wildman–Crippen MR) is 76.6 cm³/mol. The van der Waals surface area contributed by atoms with Crippen LogP contribution in [0.4, 0.5) is 0 Å². The van der Waals surface area contributed by atoms with Gasteiger partial charge in [0.25, 0.3) is 0 Å². The summed E-state index contributed by atoms with van der Waals surface area (Å²) in [5, 5.41) is 3.56. The van der Waals surface area contributed by atoms with Crippen LogP contribution in [0.3, 0.4) is 0 Å². The molecule has 0 bridgehead atoms. The molecule has 0 aromatic carbocycles. The third-order valence-corrected chi connectivity index (χ3v) is 5.55. The van der Waals surface area contributed by atoms with Gasteiger partial charge in [-0.1, -0.05) is 13.8 Å². The minimum atomic E-state index is 0.214. The molecule has 0 aliphatic carbocycles. The monoisotopic (exact) mass is 317 g/mol. The van der Waals surface area contributed by atoms with Crippen LogP contribution >= 0.6 is 27.3 Å². The van der Waals surface area contributed by atoms with Gasteiger partial charge in [0, 0.05) is 23.4 Å². The standard InChI is InChI=1S/C13H20BrNOS/c1-3-13(4-2)8-15-7-10(16-9-13)11-5-6-12(14)17-11/h5-6,10,15H,3-4,7-9H2,1-2H3. The molecular formula is C13H20BrNOS. The second kappa shape index (κ2) is 5.83. The van der Waals surface area contributed by atoms with Gasteiger partial charge in [-0.25, -0.2) is 0 Å². The van der Waals surface area contributed by atoms with E-state index in [1.807, 2.05) is 0 Å². The molecule has 2 nitrogen and oxygen atoms in total. The molecule has 0 radical (unpaired) electrons. The maximum Gasteiger partial charge on any atom is 0.104 e. The van der Waals surface area contributed by atoms with Crippen LogP contribution in [0.15, 0.2) is 15.9 Å². The van der Waals surface area contributed by atoms with Crippen LogP contribution in [0, 0.1) is 5.41 Å². The average Bonchev–Trinajstić information content (AvgIpc) is 2.66. The molecule has 1 aliphatic rings. The summed E-state index contributed by atoms with van der Waals surface area (Å²) >= 11 is 5.28. The Morgan fingerprint density at radius 2 is 2.24 bits per heavy atom. The third-order valence-electron chi connectivity index (χ3n) is 3.83. The lowest BCUT2D eigenvalue weighted by molar-refractivity contribution is 0.0119. The zero-order chi connectivity index (χ0) is 12.3. The first-order valence-corrected chi connectivity index (χ1v) is 7.87. The summed E-state index contributed by atoms with van der Waals surface area (Å²) in [6.45, 7) is 7.39. The number of nitrogens with one attached hydrogen (secondary N) is 1. The molecule has 17 heavy (non-hydrogen) atoms. The summed E-state index contributed by atoms with van der Waals surface area (Å²) in [6, 6.07) is 4.26. The van der Waals surface area contributed by atoms with Crippen molar-refractivity contribution in [2.75, 3.05) is 19.7 Å². The molecule has 1 unspecified atom stereocenters. The van der Waals surface area contributed by atoms with Gasteiger partial charge in [0.05, 0.1) is 10.4 Å². The van der Waals surface area contributed by atoms with Crippen LogP contribution in [-0.2, 0) is 4.74 Å². The molecule has 2 heterocycles. The summed E-state index contributed by atoms with van der Waals surface area (Å²) in [6.07, 6.45) is 2.57. The molecule has 1 aliphatic heterocycles. The summed E-state index contributed by atoms with van der Waals surface area (Å²) < 4.78 is 7.31. The number of hydrogen-bond acceptors (Lipinski definition) is 3. The molecular weight excluding hydrogens is 298 g/mol. The highest BCUT2D eigenvalue weighted by atomic mass is 79.9. The SMILES string of the molecule is CCC1(CC)CNCC(c2ccc(Br)s2)OC1. The zero-order valence-electron chi connectivity index (χ0n) is 10.5. The van der Waals surface area contributed by atoms with E-state index in [0.717, 1.165) is 19.7 Å². The van der Waals surface area contributed by atoms with Gasteiger partial charge >= 0.3 is 0 Å². The molecule has 0 saturated carbocycles. The normalized spacial score (nSPS) is 24.5. The quantitative estimate of drug-likeness (QED) is 0.910. The molecule has 1 fully saturated rings. The highest BCUT2D eigenvalue weighted by Crippen LogP contribution is 2.34. The highest BCUT2D eigenvalue weighted by molar-refractivity contribution is 9.11. The van der Waals surface area contributed by atoms with Gasteiger partial charge in [-0.15, -0.1) is 11.3 Å². The Balaban J connectivity index is 2.05. The van der Waals surface area contributed by atoms with Crippen LogP contribution in [0.2, 0.25) is 0 Å². The lowest BCUT2D eigenvalue weighted by Crippen LogP contribution is -2.34. The van der Waals surface area contributed by atoms with Crippen molar-refractivity contribution in [1.82, 2.24) is 5.32 Å². The Bertz CT molecular complexity index is 362. The van der Waals surface area contributed by atoms with Crippen molar-refractivity contribution >= 4 is 27.3 Å². The van der Waals surface area contributed by atoms with E-state index in [9.17, 15) is 0 Å². The van der Waals surface area contributed by atoms with E-state index in [0.29, 0.717) is 5.41 Å². The first kappa shape index (κ1) is 13.5. The second-order valence-electron chi connectivity index (χ2n) is 4.78. The minimum Gasteiger partial charge on any atom is -0.371 e. The predicted octanol–water partition coefficient (Wildman–Crippen LogP) is 3.98. The topological polar surface area (TPSA) is 21.3 Å². The van der Waals surface area contributed by atoms with Crippen LogP contribution < -0.4 is 5.32 Å². The number of ether oxygens (including phenoxy) is 1. The zero-order valence-corrected chi connectivity index (χ0v) is 12.9. The van der Waals surface area contributed by atoms with Gasteiger partial charge in [0.1, 0.15) is 6.10 Å². The number of thiophene rings is 1. The number of halogens is 1. The lowest BCUT2D eigenvalue weighted by atomic mass is 9.83. The maximum atomic E-state index is 6.13. The van der Waals surface area contributed by atoms with Gasteiger partial charge in [0.2, 0.25) is 0 Å². The first-order valence-electron chi connectivity index (χ1n) is 6.26. The summed E-state index contributed by atoms with van der Waals surface area (Å²) in [7, 11) is 0. The Labute approximate surface area is 116 Å². The summed E-state index contributed by atoms with van der Waals surface area (Å²) in [5.41, 5.74) is 0.323. The Hall–Kier alpha value is 0.1000. The van der Waals surface area contributed by atoms with Crippen LogP contribution in [0.1, 0.15) is 37.7 Å². The molecule has 0 amide bonds. The fourth-order valence-electron chi connectivity index (χ4n) is 2.24. The minimum absolute atomic E-state index is 0.214. The fraction of sp³-hybridized carbons (Fsp3) is 0.692. The Morgan fingerprint density at radius 3 is 2.82 bits per heavy atom. The Morgan fingerprint density at radius 1 is 1.47 bits per heavy atom. The fourth-order valence-corrected chi connectivity index (χ4v) is 3.72. The van der Waals surface area contributed by atoms with Gasteiger partial charge in [-0.2, -0.15) is 0 Å². The molecule has 1 aromatic rings. The molecule has 4 heteroatoms. The van der Waals surface area contributed by atoms with Crippen molar-refractivity contribution in [3.63, 3.8) is 0 Å². The number of rotatable bonds is 3. The van der Waals surface area contributed by atoms with Gasteiger partial charge < -0.3 is 10.1 Å². The van der Waals surface area contributed by atoms with Gasteiger partial charge in [-0.3, -0.25) is 0 Å². The number of hydrogen-bond donors (Lipinski definition) is 1. The van der Waals surface area contributed by atoms with Crippen molar-refractivity contribution in [3.8, 4) is 0 Å². The molecule has 1 N–H and O–H groups in total. The van der Waals surface area contributed by atoms with Crippen molar-refractivity contribution < 1.29 is 4.74 Å². The second-order valence-corrected chi connectivity index (χ2v) is 7.27. The third kappa shape index (κ3) is 3.11. The largest absolute Gasteiger partial charge is 0.371 e. The van der Waals surface area contributed by atoms with Gasteiger partial charge in [-0.05, 0) is 40.9 Å². The van der Waals surface area contributed by atoms with Crippen LogP contribution in [0.25, 0.3) is 0 Å². The summed E-state index contributed by atoms with van der Waals surface area (Å²) in [4.78, 5) is 1.31. The molecule has 2 rings (SSSR count).